The lowest BCUT2D eigenvalue weighted by Crippen LogP contribution is -2.21. The lowest BCUT2D eigenvalue weighted by Gasteiger charge is -2.10. The van der Waals surface area contributed by atoms with E-state index in [4.69, 9.17) is 9.47 Å². The molecule has 27 heavy (non-hydrogen) atoms. The van der Waals surface area contributed by atoms with E-state index < -0.39 is 23.4 Å². The van der Waals surface area contributed by atoms with E-state index in [1.54, 1.807) is 26.0 Å². The maximum Gasteiger partial charge on any atom is 0.338 e. The number of anilines is 1. The van der Waals surface area contributed by atoms with Gasteiger partial charge in [-0.2, -0.15) is 0 Å². The minimum Gasteiger partial charge on any atom is -0.496 e. The molecule has 0 saturated heterocycles. The molecule has 0 aliphatic rings. The van der Waals surface area contributed by atoms with Gasteiger partial charge in [0.25, 0.3) is 11.6 Å². The van der Waals surface area contributed by atoms with Gasteiger partial charge in [0.15, 0.2) is 6.61 Å². The Morgan fingerprint density at radius 2 is 1.74 bits per heavy atom. The Morgan fingerprint density at radius 1 is 1.07 bits per heavy atom. The van der Waals surface area contributed by atoms with Crippen molar-refractivity contribution >= 4 is 23.3 Å². The number of hydrogen-bond donors (Lipinski definition) is 1. The zero-order valence-corrected chi connectivity index (χ0v) is 15.5. The SMILES string of the molecule is COc1cc(C(=O)OCC(=O)Nc2cc(C)c(C)cc2[N+](=O)[O-])ccc1C. The number of carbonyl (C=O) groups excluding carboxylic acids is 2. The molecule has 0 spiro atoms. The molecule has 0 unspecified atom stereocenters. The minimum atomic E-state index is -0.696. The summed E-state index contributed by atoms with van der Waals surface area (Å²) in [7, 11) is 1.49. The highest BCUT2D eigenvalue weighted by Crippen LogP contribution is 2.28. The molecule has 0 atom stereocenters. The van der Waals surface area contributed by atoms with Gasteiger partial charge in [-0.3, -0.25) is 14.9 Å². The highest BCUT2D eigenvalue weighted by atomic mass is 16.6. The Hall–Kier alpha value is -3.42. The summed E-state index contributed by atoms with van der Waals surface area (Å²) >= 11 is 0. The molecule has 0 fully saturated rings. The predicted molar refractivity (Wildman–Crippen MR) is 99.2 cm³/mol. The first-order valence-electron chi connectivity index (χ1n) is 8.10. The maximum absolute atomic E-state index is 12.1. The monoisotopic (exact) mass is 372 g/mol. The van der Waals surface area contributed by atoms with E-state index in [-0.39, 0.29) is 16.9 Å². The number of carbonyl (C=O) groups is 2. The molecule has 0 aliphatic carbocycles. The molecule has 0 aliphatic heterocycles. The van der Waals surface area contributed by atoms with E-state index in [1.165, 1.54) is 25.3 Å². The number of aryl methyl sites for hydroxylation is 3. The molecule has 0 bridgehead atoms. The van der Waals surface area contributed by atoms with E-state index in [9.17, 15) is 19.7 Å². The lowest BCUT2D eigenvalue weighted by molar-refractivity contribution is -0.384. The first-order valence-corrected chi connectivity index (χ1v) is 8.10. The number of rotatable bonds is 6. The molecule has 1 N–H and O–H groups in total. The van der Waals surface area contributed by atoms with E-state index in [2.05, 4.69) is 5.32 Å². The number of ether oxygens (including phenoxy) is 2. The third-order valence-electron chi connectivity index (χ3n) is 4.06. The average Bonchev–Trinajstić information content (AvgIpc) is 2.62. The summed E-state index contributed by atoms with van der Waals surface area (Å²) in [6.07, 6.45) is 0. The van der Waals surface area contributed by atoms with Crippen LogP contribution in [-0.2, 0) is 9.53 Å². The number of benzene rings is 2. The van der Waals surface area contributed by atoms with Gasteiger partial charge in [-0.15, -0.1) is 0 Å². The average molecular weight is 372 g/mol. The number of nitro benzene ring substituents is 1. The van der Waals surface area contributed by atoms with Gasteiger partial charge in [0, 0.05) is 6.07 Å². The molecule has 1 amide bonds. The topological polar surface area (TPSA) is 108 Å². The summed E-state index contributed by atoms with van der Waals surface area (Å²) in [5, 5.41) is 13.6. The van der Waals surface area contributed by atoms with Crippen LogP contribution in [0.1, 0.15) is 27.0 Å². The molecule has 2 aromatic carbocycles. The van der Waals surface area contributed by atoms with Gasteiger partial charge in [-0.1, -0.05) is 6.07 Å². The normalized spacial score (nSPS) is 10.2. The fraction of sp³-hybridized carbons (Fsp3) is 0.263. The van der Waals surface area contributed by atoms with Gasteiger partial charge in [-0.05, 0) is 55.7 Å². The largest absolute Gasteiger partial charge is 0.496 e. The van der Waals surface area contributed by atoms with E-state index in [1.807, 2.05) is 6.92 Å². The summed E-state index contributed by atoms with van der Waals surface area (Å²) in [6, 6.07) is 7.68. The number of esters is 1. The summed E-state index contributed by atoms with van der Waals surface area (Å²) in [5.74, 6) is -0.841. The van der Waals surface area contributed by atoms with Crippen LogP contribution < -0.4 is 10.1 Å². The fourth-order valence-electron chi connectivity index (χ4n) is 2.40. The van der Waals surface area contributed by atoms with E-state index in [0.29, 0.717) is 5.75 Å². The van der Waals surface area contributed by atoms with Crippen LogP contribution in [0.15, 0.2) is 30.3 Å². The molecule has 0 saturated carbocycles. The summed E-state index contributed by atoms with van der Waals surface area (Å²) < 4.78 is 10.1. The molecular formula is C19H20N2O6. The van der Waals surface area contributed by atoms with Crippen molar-refractivity contribution in [1.82, 2.24) is 0 Å². The van der Waals surface area contributed by atoms with Gasteiger partial charge < -0.3 is 14.8 Å². The fourth-order valence-corrected chi connectivity index (χ4v) is 2.40. The van der Waals surface area contributed by atoms with Crippen molar-refractivity contribution in [2.24, 2.45) is 0 Å². The van der Waals surface area contributed by atoms with Crippen molar-refractivity contribution in [2.45, 2.75) is 20.8 Å². The van der Waals surface area contributed by atoms with Crippen molar-refractivity contribution in [3.63, 3.8) is 0 Å². The van der Waals surface area contributed by atoms with Crippen molar-refractivity contribution in [3.05, 3.63) is 62.7 Å². The van der Waals surface area contributed by atoms with Crippen LogP contribution in [0, 0.1) is 30.9 Å². The smallest absolute Gasteiger partial charge is 0.338 e. The second-order valence-corrected chi connectivity index (χ2v) is 6.02. The van der Waals surface area contributed by atoms with Crippen molar-refractivity contribution in [2.75, 3.05) is 19.0 Å². The number of methoxy groups -OCH3 is 1. The number of nitro groups is 1. The molecule has 0 radical (unpaired) electrons. The first kappa shape index (κ1) is 19.9. The molecule has 8 nitrogen and oxygen atoms in total. The van der Waals surface area contributed by atoms with Gasteiger partial charge in [0.05, 0.1) is 17.6 Å². The summed E-state index contributed by atoms with van der Waals surface area (Å²) in [4.78, 5) is 34.7. The zero-order valence-electron chi connectivity index (χ0n) is 15.5. The number of hydrogen-bond acceptors (Lipinski definition) is 6. The van der Waals surface area contributed by atoms with Crippen LogP contribution in [0.2, 0.25) is 0 Å². The van der Waals surface area contributed by atoms with E-state index >= 15 is 0 Å². The van der Waals surface area contributed by atoms with Crippen molar-refractivity contribution in [1.29, 1.82) is 0 Å². The van der Waals surface area contributed by atoms with E-state index in [0.717, 1.165) is 16.7 Å². The predicted octanol–water partition coefficient (Wildman–Crippen LogP) is 3.32. The highest BCUT2D eigenvalue weighted by molar-refractivity contribution is 5.97. The number of amides is 1. The van der Waals surface area contributed by atoms with Crippen molar-refractivity contribution < 1.29 is 24.0 Å². The third kappa shape index (κ3) is 4.81. The second kappa shape index (κ2) is 8.31. The molecule has 0 aromatic heterocycles. The summed E-state index contributed by atoms with van der Waals surface area (Å²) in [6.45, 7) is 4.78. The quantitative estimate of drug-likeness (QED) is 0.473. The third-order valence-corrected chi connectivity index (χ3v) is 4.06. The molecule has 2 rings (SSSR count). The van der Waals surface area contributed by atoms with Crippen LogP contribution in [0.25, 0.3) is 0 Å². The maximum atomic E-state index is 12.1. The Balaban J connectivity index is 2.05. The van der Waals surface area contributed by atoms with Crippen LogP contribution in [-0.4, -0.2) is 30.5 Å². The Bertz CT molecular complexity index is 907. The Kier molecular flexibility index (Phi) is 6.12. The molecule has 0 heterocycles. The molecular weight excluding hydrogens is 352 g/mol. The molecule has 142 valence electrons. The summed E-state index contributed by atoms with van der Waals surface area (Å²) in [5.41, 5.74) is 2.46. The Labute approximate surface area is 156 Å². The van der Waals surface area contributed by atoms with Crippen LogP contribution in [0.4, 0.5) is 11.4 Å². The first-order chi connectivity index (χ1) is 12.7. The lowest BCUT2D eigenvalue weighted by atomic mass is 10.1. The molecule has 2 aromatic rings. The van der Waals surface area contributed by atoms with Gasteiger partial charge in [0.1, 0.15) is 11.4 Å². The molecule has 8 heteroatoms. The van der Waals surface area contributed by atoms with Crippen LogP contribution >= 0.6 is 0 Å². The Morgan fingerprint density at radius 3 is 2.37 bits per heavy atom. The van der Waals surface area contributed by atoms with Crippen LogP contribution in [0.3, 0.4) is 0 Å². The minimum absolute atomic E-state index is 0.0566. The van der Waals surface area contributed by atoms with Gasteiger partial charge >= 0.3 is 5.97 Å². The second-order valence-electron chi connectivity index (χ2n) is 6.02. The van der Waals surface area contributed by atoms with Crippen LogP contribution in [0.5, 0.6) is 5.75 Å². The number of nitrogens with one attached hydrogen (secondary N) is 1. The van der Waals surface area contributed by atoms with Gasteiger partial charge in [0.2, 0.25) is 0 Å². The zero-order chi connectivity index (χ0) is 20.1. The standard InChI is InChI=1S/C19H20N2O6/c1-11-5-6-14(9-17(11)26-4)19(23)27-10-18(22)20-15-7-12(2)13(3)8-16(15)21(24)25/h5-9H,10H2,1-4H3,(H,20,22). The van der Waals surface area contributed by atoms with Crippen molar-refractivity contribution in [3.8, 4) is 5.75 Å². The highest BCUT2D eigenvalue weighted by Gasteiger charge is 2.19. The van der Waals surface area contributed by atoms with Gasteiger partial charge in [-0.25, -0.2) is 4.79 Å². The number of nitrogens with zero attached hydrogens (tertiary/aromatic N) is 1.